The highest BCUT2D eigenvalue weighted by atomic mass is 19.4. The van der Waals surface area contributed by atoms with Crippen LogP contribution in [-0.2, 0) is 0 Å². The van der Waals surface area contributed by atoms with Crippen molar-refractivity contribution in [3.05, 3.63) is 6.54 Å². The fourth-order valence-corrected chi connectivity index (χ4v) is 0.573. The Balaban J connectivity index is 2.55. The molecule has 0 spiro atoms. The van der Waals surface area contributed by atoms with Crippen LogP contribution in [0.3, 0.4) is 0 Å². The maximum absolute atomic E-state index is 11.7. The van der Waals surface area contributed by atoms with Crippen molar-refractivity contribution >= 4 is 6.21 Å². The van der Waals surface area contributed by atoms with Gasteiger partial charge in [-0.15, -0.1) is 13.2 Å². The predicted molar refractivity (Wildman–Crippen MR) is 28.8 cm³/mol. The minimum absolute atomic E-state index is 0.0440. The van der Waals surface area contributed by atoms with Gasteiger partial charge in [0, 0.05) is 5.92 Å². The lowest BCUT2D eigenvalue weighted by Crippen LogP contribution is -2.29. The summed E-state index contributed by atoms with van der Waals surface area (Å²) < 4.78 is 35.1. The van der Waals surface area contributed by atoms with E-state index >= 15 is 0 Å². The first-order valence-electron chi connectivity index (χ1n) is 2.67. The number of hydrazone groups is 1. The maximum Gasteiger partial charge on any atom is 0.500 e. The lowest BCUT2D eigenvalue weighted by Gasteiger charge is -2.16. The molecule has 10 heavy (non-hydrogen) atoms. The lowest BCUT2D eigenvalue weighted by atomic mass is 10.2. The average Bonchev–Trinajstić information content (AvgIpc) is 2.11. The van der Waals surface area contributed by atoms with E-state index in [1.165, 1.54) is 0 Å². The second-order valence-electron chi connectivity index (χ2n) is 1.98. The van der Waals surface area contributed by atoms with Crippen molar-refractivity contribution in [2.75, 3.05) is 0 Å². The van der Waals surface area contributed by atoms with E-state index in [1.54, 1.807) is 6.92 Å². The third-order valence-electron chi connectivity index (χ3n) is 0.994. The van der Waals surface area contributed by atoms with Crippen molar-refractivity contribution in [2.45, 2.75) is 13.2 Å². The van der Waals surface area contributed by atoms with Gasteiger partial charge in [0.15, 0.2) is 0 Å². The van der Waals surface area contributed by atoms with Gasteiger partial charge in [0.2, 0.25) is 0 Å². The molecule has 0 saturated carbocycles. The summed E-state index contributed by atoms with van der Waals surface area (Å²) in [6, 6.07) is 0. The van der Waals surface area contributed by atoms with Gasteiger partial charge in [-0.05, 0) is 0 Å². The molecule has 2 radical (unpaired) electrons. The molecule has 1 aliphatic rings. The van der Waals surface area contributed by atoms with Crippen LogP contribution in [0, 0.1) is 12.5 Å². The molecule has 56 valence electrons. The molecular formula is C5H5F3N2. The summed E-state index contributed by atoms with van der Waals surface area (Å²) in [4.78, 5) is 0. The lowest BCUT2D eigenvalue weighted by molar-refractivity contribution is -0.233. The summed E-state index contributed by atoms with van der Waals surface area (Å²) in [5.74, 6) is -0.346. The SMILES string of the molecule is CC1[C]=NN(C(F)(F)F)[CH]1. The van der Waals surface area contributed by atoms with E-state index in [2.05, 4.69) is 11.3 Å². The van der Waals surface area contributed by atoms with E-state index in [-0.39, 0.29) is 10.9 Å². The summed E-state index contributed by atoms with van der Waals surface area (Å²) >= 11 is 0. The van der Waals surface area contributed by atoms with Gasteiger partial charge in [-0.2, -0.15) is 10.1 Å². The van der Waals surface area contributed by atoms with Gasteiger partial charge in [-0.1, -0.05) is 6.92 Å². The Morgan fingerprint density at radius 2 is 2.20 bits per heavy atom. The zero-order chi connectivity index (χ0) is 7.78. The van der Waals surface area contributed by atoms with Gasteiger partial charge in [0.1, 0.15) is 0 Å². The molecule has 0 amide bonds. The Labute approximate surface area is 56.3 Å². The van der Waals surface area contributed by atoms with E-state index < -0.39 is 6.30 Å². The molecule has 1 unspecified atom stereocenters. The van der Waals surface area contributed by atoms with Crippen LogP contribution in [0.25, 0.3) is 0 Å². The Bertz CT molecular complexity index is 151. The van der Waals surface area contributed by atoms with Crippen LogP contribution in [-0.4, -0.2) is 17.5 Å². The fraction of sp³-hybridized carbons (Fsp3) is 0.600. The Morgan fingerprint density at radius 3 is 2.40 bits per heavy atom. The van der Waals surface area contributed by atoms with Crippen LogP contribution in [0.1, 0.15) is 6.92 Å². The molecule has 5 heteroatoms. The van der Waals surface area contributed by atoms with Gasteiger partial charge >= 0.3 is 6.30 Å². The number of rotatable bonds is 0. The molecule has 1 rings (SSSR count). The van der Waals surface area contributed by atoms with E-state index in [1.807, 2.05) is 0 Å². The molecule has 1 atom stereocenters. The number of hydrogen-bond donors (Lipinski definition) is 0. The van der Waals surface area contributed by atoms with Gasteiger partial charge < -0.3 is 0 Å². The molecule has 0 saturated heterocycles. The third-order valence-corrected chi connectivity index (χ3v) is 0.994. The largest absolute Gasteiger partial charge is 0.500 e. The van der Waals surface area contributed by atoms with Crippen LogP contribution in [0.2, 0.25) is 0 Å². The van der Waals surface area contributed by atoms with E-state index in [4.69, 9.17) is 0 Å². The Morgan fingerprint density at radius 1 is 1.60 bits per heavy atom. The summed E-state index contributed by atoms with van der Waals surface area (Å²) in [7, 11) is 0. The van der Waals surface area contributed by atoms with Crippen molar-refractivity contribution in [2.24, 2.45) is 11.0 Å². The van der Waals surface area contributed by atoms with Crippen molar-refractivity contribution in [1.82, 2.24) is 5.01 Å². The van der Waals surface area contributed by atoms with E-state index in [0.717, 1.165) is 6.54 Å². The quantitative estimate of drug-likeness (QED) is 0.477. The second-order valence-corrected chi connectivity index (χ2v) is 1.98. The summed E-state index contributed by atoms with van der Waals surface area (Å²) in [6.07, 6.45) is -2.14. The van der Waals surface area contributed by atoms with Gasteiger partial charge in [0.25, 0.3) is 0 Å². The fourth-order valence-electron chi connectivity index (χ4n) is 0.573. The normalized spacial score (nSPS) is 26.0. The van der Waals surface area contributed by atoms with Crippen LogP contribution in [0.15, 0.2) is 5.10 Å². The van der Waals surface area contributed by atoms with Crippen molar-refractivity contribution in [3.63, 3.8) is 0 Å². The first-order valence-corrected chi connectivity index (χ1v) is 2.67. The molecule has 0 aliphatic carbocycles. The van der Waals surface area contributed by atoms with Crippen LogP contribution in [0.4, 0.5) is 13.2 Å². The molecule has 2 nitrogen and oxygen atoms in total. The topological polar surface area (TPSA) is 15.6 Å². The van der Waals surface area contributed by atoms with Crippen LogP contribution < -0.4 is 0 Å². The smallest absolute Gasteiger partial charge is 0.198 e. The average molecular weight is 150 g/mol. The highest BCUT2D eigenvalue weighted by Gasteiger charge is 2.39. The first-order chi connectivity index (χ1) is 4.50. The monoisotopic (exact) mass is 150 g/mol. The Hall–Kier alpha value is -0.740. The first kappa shape index (κ1) is 7.37. The molecule has 0 N–H and O–H groups in total. The Kier molecular flexibility index (Phi) is 1.58. The van der Waals surface area contributed by atoms with E-state index in [9.17, 15) is 13.2 Å². The van der Waals surface area contributed by atoms with Crippen LogP contribution >= 0.6 is 0 Å². The second kappa shape index (κ2) is 2.14. The van der Waals surface area contributed by atoms with Crippen molar-refractivity contribution in [3.8, 4) is 0 Å². The maximum atomic E-state index is 11.7. The highest BCUT2D eigenvalue weighted by Crippen LogP contribution is 2.27. The standard InChI is InChI=1S/C5H5F3N2/c1-4-2-9-10(3-4)5(6,7)8/h3-4H,1H3. The van der Waals surface area contributed by atoms with Crippen molar-refractivity contribution < 1.29 is 13.2 Å². The third kappa shape index (κ3) is 1.40. The van der Waals surface area contributed by atoms with E-state index in [0.29, 0.717) is 0 Å². The van der Waals surface area contributed by atoms with Gasteiger partial charge in [-0.3, -0.25) is 0 Å². The molecule has 1 aliphatic heterocycles. The molecule has 0 aromatic rings. The van der Waals surface area contributed by atoms with Crippen LogP contribution in [0.5, 0.6) is 0 Å². The molecular weight excluding hydrogens is 145 g/mol. The number of halogens is 3. The summed E-state index contributed by atoms with van der Waals surface area (Å²) in [5.41, 5.74) is 0. The molecule has 0 bridgehead atoms. The number of nitrogens with zero attached hydrogens (tertiary/aromatic N) is 2. The predicted octanol–water partition coefficient (Wildman–Crippen LogP) is 1.48. The molecule has 1 heterocycles. The number of alkyl halides is 3. The minimum Gasteiger partial charge on any atom is -0.198 e. The summed E-state index contributed by atoms with van der Waals surface area (Å²) in [6.45, 7) is 2.54. The minimum atomic E-state index is -4.39. The highest BCUT2D eigenvalue weighted by molar-refractivity contribution is 5.63. The molecule has 0 fully saturated rings. The summed E-state index contributed by atoms with van der Waals surface area (Å²) in [5, 5.41) is 2.95. The number of hydrogen-bond acceptors (Lipinski definition) is 2. The van der Waals surface area contributed by atoms with Crippen molar-refractivity contribution in [1.29, 1.82) is 0 Å². The van der Waals surface area contributed by atoms with Gasteiger partial charge in [-0.25, -0.2) is 0 Å². The molecule has 0 aromatic heterocycles. The van der Waals surface area contributed by atoms with Gasteiger partial charge in [0.05, 0.1) is 12.8 Å². The zero-order valence-electron chi connectivity index (χ0n) is 5.18. The zero-order valence-corrected chi connectivity index (χ0v) is 5.18. The molecule has 0 aromatic carbocycles.